The number of hydrogen-bond acceptors (Lipinski definition) is 4. The fraction of sp³-hybridized carbons (Fsp3) is 0. The van der Waals surface area contributed by atoms with Crippen LogP contribution in [0.3, 0.4) is 0 Å². The fourth-order valence-electron chi connectivity index (χ4n) is 2.04. The van der Waals surface area contributed by atoms with Gasteiger partial charge in [0.2, 0.25) is 0 Å². The Balaban J connectivity index is 2.26. The zero-order valence-electron chi connectivity index (χ0n) is 10.2. The first-order valence-electron chi connectivity index (χ1n) is 5.82. The highest BCUT2D eigenvalue weighted by Crippen LogP contribution is 2.23. The zero-order valence-corrected chi connectivity index (χ0v) is 10.2. The van der Waals surface area contributed by atoms with E-state index in [0.717, 1.165) is 11.7 Å². The first kappa shape index (κ1) is 12.0. The van der Waals surface area contributed by atoms with Gasteiger partial charge in [-0.1, -0.05) is 0 Å². The van der Waals surface area contributed by atoms with E-state index >= 15 is 0 Å². The van der Waals surface area contributed by atoms with Crippen molar-refractivity contribution >= 4 is 23.2 Å². The van der Waals surface area contributed by atoms with Crippen LogP contribution in [0.5, 0.6) is 0 Å². The molecule has 0 atom stereocenters. The molecule has 0 spiro atoms. The molecule has 0 aliphatic rings. The van der Waals surface area contributed by atoms with Crippen LogP contribution in [0.25, 0.3) is 16.6 Å². The Labute approximate surface area is 113 Å². The Morgan fingerprint density at radius 2 is 2.15 bits per heavy atom. The summed E-state index contributed by atoms with van der Waals surface area (Å²) in [6, 6.07) is 6.92. The van der Waals surface area contributed by atoms with Gasteiger partial charge in [0, 0.05) is 23.3 Å². The molecule has 0 fully saturated rings. The van der Waals surface area contributed by atoms with Crippen LogP contribution in [0.1, 0.15) is 20.7 Å². The summed E-state index contributed by atoms with van der Waals surface area (Å²) >= 11 is 0. The third kappa shape index (κ3) is 1.83. The molecule has 3 aromatic rings. The number of carboxylic acids is 1. The minimum absolute atomic E-state index is 0.0986. The second kappa shape index (κ2) is 4.58. The highest BCUT2D eigenvalue weighted by atomic mass is 16.4. The van der Waals surface area contributed by atoms with E-state index in [1.54, 1.807) is 24.4 Å². The lowest BCUT2D eigenvalue weighted by Crippen LogP contribution is -1.99. The Kier molecular flexibility index (Phi) is 2.76. The van der Waals surface area contributed by atoms with Gasteiger partial charge in [-0.05, 0) is 24.3 Å². The van der Waals surface area contributed by atoms with E-state index in [1.165, 1.54) is 17.1 Å². The van der Waals surface area contributed by atoms with Gasteiger partial charge in [-0.2, -0.15) is 5.10 Å². The Morgan fingerprint density at radius 1 is 1.30 bits per heavy atom. The van der Waals surface area contributed by atoms with Crippen LogP contribution < -0.4 is 0 Å². The number of nitrogens with zero attached hydrogens (tertiary/aromatic N) is 3. The second-order valence-electron chi connectivity index (χ2n) is 4.17. The first-order chi connectivity index (χ1) is 9.70. The van der Waals surface area contributed by atoms with Gasteiger partial charge in [0.05, 0.1) is 23.0 Å². The fourth-order valence-corrected chi connectivity index (χ4v) is 2.04. The molecular weight excluding hydrogens is 258 g/mol. The molecule has 1 aromatic carbocycles. The Hall–Kier alpha value is -3.02. The topological polar surface area (TPSA) is 85.1 Å². The van der Waals surface area contributed by atoms with E-state index in [-0.39, 0.29) is 5.56 Å². The quantitative estimate of drug-likeness (QED) is 0.733. The van der Waals surface area contributed by atoms with Crippen LogP contribution in [0.2, 0.25) is 0 Å². The molecule has 0 unspecified atom stereocenters. The molecule has 3 rings (SSSR count). The molecule has 0 aliphatic carbocycles. The number of carbonyl (C=O) groups is 2. The van der Waals surface area contributed by atoms with Crippen LogP contribution in [-0.4, -0.2) is 32.1 Å². The van der Waals surface area contributed by atoms with Crippen molar-refractivity contribution in [2.75, 3.05) is 0 Å². The molecule has 20 heavy (non-hydrogen) atoms. The van der Waals surface area contributed by atoms with Crippen LogP contribution in [0.4, 0.5) is 0 Å². The minimum atomic E-state index is -1.04. The van der Waals surface area contributed by atoms with Crippen molar-refractivity contribution in [1.82, 2.24) is 14.8 Å². The molecule has 0 aliphatic heterocycles. The van der Waals surface area contributed by atoms with Crippen molar-refractivity contribution < 1.29 is 14.7 Å². The molecule has 0 saturated heterocycles. The van der Waals surface area contributed by atoms with Crippen molar-refractivity contribution in [3.8, 4) is 5.69 Å². The monoisotopic (exact) mass is 267 g/mol. The molecule has 0 saturated carbocycles. The van der Waals surface area contributed by atoms with Crippen molar-refractivity contribution in [3.05, 3.63) is 54.0 Å². The molecule has 6 nitrogen and oxygen atoms in total. The van der Waals surface area contributed by atoms with Crippen molar-refractivity contribution in [3.63, 3.8) is 0 Å². The summed E-state index contributed by atoms with van der Waals surface area (Å²) in [6.07, 6.45) is 5.04. The van der Waals surface area contributed by atoms with E-state index in [1.807, 2.05) is 6.07 Å². The predicted molar refractivity (Wildman–Crippen MR) is 71.2 cm³/mol. The molecule has 2 heterocycles. The van der Waals surface area contributed by atoms with Gasteiger partial charge in [0.25, 0.3) is 0 Å². The smallest absolute Gasteiger partial charge is 0.338 e. The third-order valence-corrected chi connectivity index (χ3v) is 2.98. The van der Waals surface area contributed by atoms with Crippen molar-refractivity contribution in [1.29, 1.82) is 0 Å². The lowest BCUT2D eigenvalue weighted by Gasteiger charge is -2.07. The molecule has 1 N–H and O–H groups in total. The number of aromatic carboxylic acids is 1. The number of rotatable bonds is 3. The number of aromatic nitrogens is 3. The average molecular weight is 267 g/mol. The van der Waals surface area contributed by atoms with Crippen LogP contribution in [0.15, 0.2) is 42.9 Å². The summed E-state index contributed by atoms with van der Waals surface area (Å²) in [6.45, 7) is 0. The van der Waals surface area contributed by atoms with Gasteiger partial charge in [0.15, 0.2) is 6.29 Å². The standard InChI is InChI=1S/C14H9N3O3/c18-8-9-3-4-12(11-2-1-5-15-13(9)11)17-7-10(6-16-17)14(19)20/h1-8H,(H,19,20). The maximum atomic E-state index is 11.0. The number of fused-ring (bicyclic) bond motifs is 1. The third-order valence-electron chi connectivity index (χ3n) is 2.98. The summed E-state index contributed by atoms with van der Waals surface area (Å²) in [4.78, 5) is 26.1. The van der Waals surface area contributed by atoms with Gasteiger partial charge in [-0.25, -0.2) is 9.48 Å². The van der Waals surface area contributed by atoms with Gasteiger partial charge in [-0.15, -0.1) is 0 Å². The summed E-state index contributed by atoms with van der Waals surface area (Å²) in [5.41, 5.74) is 1.81. The van der Waals surface area contributed by atoms with E-state index in [0.29, 0.717) is 16.8 Å². The first-order valence-corrected chi connectivity index (χ1v) is 5.82. The number of hydrogen-bond donors (Lipinski definition) is 1. The van der Waals surface area contributed by atoms with E-state index in [2.05, 4.69) is 10.1 Å². The minimum Gasteiger partial charge on any atom is -0.478 e. The summed E-state index contributed by atoms with van der Waals surface area (Å²) in [5, 5.41) is 13.7. The highest BCUT2D eigenvalue weighted by Gasteiger charge is 2.11. The average Bonchev–Trinajstić information content (AvgIpc) is 2.96. The number of pyridine rings is 1. The SMILES string of the molecule is O=Cc1ccc(-n2cc(C(=O)O)cn2)c2cccnc12. The second-order valence-corrected chi connectivity index (χ2v) is 4.17. The summed E-state index contributed by atoms with van der Waals surface area (Å²) in [5.74, 6) is -1.04. The largest absolute Gasteiger partial charge is 0.478 e. The van der Waals surface area contributed by atoms with Crippen LogP contribution >= 0.6 is 0 Å². The van der Waals surface area contributed by atoms with Crippen molar-refractivity contribution in [2.45, 2.75) is 0 Å². The molecule has 0 bridgehead atoms. The molecule has 98 valence electrons. The molecule has 6 heteroatoms. The normalized spacial score (nSPS) is 10.6. The molecule has 0 amide bonds. The van der Waals surface area contributed by atoms with E-state index < -0.39 is 5.97 Å². The molecule has 0 radical (unpaired) electrons. The number of carbonyl (C=O) groups excluding carboxylic acids is 1. The number of carboxylic acid groups (broad SMARTS) is 1. The maximum Gasteiger partial charge on any atom is 0.338 e. The van der Waals surface area contributed by atoms with Gasteiger partial charge < -0.3 is 5.11 Å². The van der Waals surface area contributed by atoms with Crippen molar-refractivity contribution in [2.24, 2.45) is 0 Å². The van der Waals surface area contributed by atoms with Crippen LogP contribution in [-0.2, 0) is 0 Å². The maximum absolute atomic E-state index is 11.0. The van der Waals surface area contributed by atoms with Gasteiger partial charge in [-0.3, -0.25) is 9.78 Å². The van der Waals surface area contributed by atoms with Gasteiger partial charge in [0.1, 0.15) is 0 Å². The number of benzene rings is 1. The summed E-state index contributed by atoms with van der Waals surface area (Å²) in [7, 11) is 0. The highest BCUT2D eigenvalue weighted by molar-refractivity contribution is 5.99. The zero-order chi connectivity index (χ0) is 14.1. The Morgan fingerprint density at radius 3 is 2.85 bits per heavy atom. The summed E-state index contributed by atoms with van der Waals surface area (Å²) < 4.78 is 1.46. The van der Waals surface area contributed by atoms with E-state index in [9.17, 15) is 9.59 Å². The Bertz CT molecular complexity index is 823. The lowest BCUT2D eigenvalue weighted by molar-refractivity contribution is 0.0696. The van der Waals surface area contributed by atoms with Gasteiger partial charge >= 0.3 is 5.97 Å². The number of aldehydes is 1. The molecule has 2 aromatic heterocycles. The van der Waals surface area contributed by atoms with E-state index in [4.69, 9.17) is 5.11 Å². The lowest BCUT2D eigenvalue weighted by atomic mass is 10.1. The van der Waals surface area contributed by atoms with Crippen LogP contribution in [0, 0.1) is 0 Å². The predicted octanol–water partition coefficient (Wildman–Crippen LogP) is 1.93. The molecular formula is C14H9N3O3.